The van der Waals surface area contributed by atoms with Crippen LogP contribution < -0.4 is 0 Å². The third-order valence-electron chi connectivity index (χ3n) is 3.16. The fourth-order valence-corrected chi connectivity index (χ4v) is 4.06. The van der Waals surface area contributed by atoms with Gasteiger partial charge in [0.25, 0.3) is 10.0 Å². The van der Waals surface area contributed by atoms with Crippen molar-refractivity contribution >= 4 is 10.0 Å². The van der Waals surface area contributed by atoms with E-state index < -0.39 is 10.0 Å². The second-order valence-corrected chi connectivity index (χ2v) is 7.13. The van der Waals surface area contributed by atoms with Gasteiger partial charge in [0.1, 0.15) is 5.82 Å². The Kier molecular flexibility index (Phi) is 5.55. The van der Waals surface area contributed by atoms with Gasteiger partial charge < -0.3 is 4.98 Å². The van der Waals surface area contributed by atoms with Gasteiger partial charge in [-0.3, -0.25) is 0 Å². The van der Waals surface area contributed by atoms with Gasteiger partial charge in [-0.05, 0) is 25.7 Å². The van der Waals surface area contributed by atoms with Crippen molar-refractivity contribution in [2.75, 3.05) is 6.54 Å². The minimum absolute atomic E-state index is 0.0380. The fraction of sp³-hybridized carbons (Fsp3) is 0.769. The molecule has 0 atom stereocenters. The molecule has 0 aromatic carbocycles. The standard InChI is InChI=1S/C13H25N3O2S/c1-6-12(7-2)16(9-10(3)4)19(17,18)13-8-14-11(5)15-13/h8,10,12H,6-7,9H2,1-5H3,(H,14,15). The molecular weight excluding hydrogens is 262 g/mol. The number of aryl methyl sites for hydroxylation is 1. The molecule has 19 heavy (non-hydrogen) atoms. The Labute approximate surface area is 116 Å². The highest BCUT2D eigenvalue weighted by atomic mass is 32.2. The van der Waals surface area contributed by atoms with E-state index in [0.29, 0.717) is 18.3 Å². The molecule has 110 valence electrons. The highest BCUT2D eigenvalue weighted by molar-refractivity contribution is 7.89. The van der Waals surface area contributed by atoms with E-state index in [2.05, 4.69) is 9.97 Å². The first kappa shape index (κ1) is 16.2. The molecule has 0 unspecified atom stereocenters. The number of hydrogen-bond donors (Lipinski definition) is 1. The highest BCUT2D eigenvalue weighted by Crippen LogP contribution is 2.21. The summed E-state index contributed by atoms with van der Waals surface area (Å²) < 4.78 is 27.0. The smallest absolute Gasteiger partial charge is 0.260 e. The van der Waals surface area contributed by atoms with Gasteiger partial charge in [0.05, 0.1) is 6.20 Å². The Bertz CT molecular complexity index is 490. The number of aromatic nitrogens is 2. The van der Waals surface area contributed by atoms with Crippen molar-refractivity contribution in [3.8, 4) is 0 Å². The van der Waals surface area contributed by atoms with Crippen molar-refractivity contribution in [1.82, 2.24) is 14.3 Å². The van der Waals surface area contributed by atoms with Crippen LogP contribution in [0.1, 0.15) is 46.4 Å². The van der Waals surface area contributed by atoms with E-state index in [9.17, 15) is 8.42 Å². The average Bonchev–Trinajstić information content (AvgIpc) is 2.76. The van der Waals surface area contributed by atoms with Crippen LogP contribution in [-0.4, -0.2) is 35.3 Å². The van der Waals surface area contributed by atoms with Crippen molar-refractivity contribution in [2.45, 2.75) is 58.5 Å². The molecule has 6 heteroatoms. The van der Waals surface area contributed by atoms with Crippen molar-refractivity contribution in [1.29, 1.82) is 0 Å². The zero-order chi connectivity index (χ0) is 14.6. The maximum Gasteiger partial charge on any atom is 0.260 e. The largest absolute Gasteiger partial charge is 0.332 e. The zero-order valence-electron chi connectivity index (χ0n) is 12.5. The normalized spacial score (nSPS) is 12.8. The van der Waals surface area contributed by atoms with Gasteiger partial charge in [-0.2, -0.15) is 4.31 Å². The summed E-state index contributed by atoms with van der Waals surface area (Å²) in [6, 6.07) is 0.0380. The van der Waals surface area contributed by atoms with Gasteiger partial charge in [0, 0.05) is 12.6 Å². The highest BCUT2D eigenvalue weighted by Gasteiger charge is 2.31. The van der Waals surface area contributed by atoms with Gasteiger partial charge in [0.15, 0.2) is 5.03 Å². The topological polar surface area (TPSA) is 66.1 Å². The maximum absolute atomic E-state index is 12.7. The third kappa shape index (κ3) is 3.79. The Morgan fingerprint density at radius 3 is 2.26 bits per heavy atom. The Hall–Kier alpha value is -0.880. The monoisotopic (exact) mass is 287 g/mol. The van der Waals surface area contributed by atoms with Gasteiger partial charge in [0.2, 0.25) is 0 Å². The van der Waals surface area contributed by atoms with Crippen LogP contribution in [0.25, 0.3) is 0 Å². The van der Waals surface area contributed by atoms with E-state index in [4.69, 9.17) is 0 Å². The number of imidazole rings is 1. The summed E-state index contributed by atoms with van der Waals surface area (Å²) >= 11 is 0. The predicted molar refractivity (Wildman–Crippen MR) is 76.4 cm³/mol. The predicted octanol–water partition coefficient (Wildman–Crippen LogP) is 2.55. The van der Waals surface area contributed by atoms with Crippen LogP contribution in [0.3, 0.4) is 0 Å². The van der Waals surface area contributed by atoms with Crippen LogP contribution in [-0.2, 0) is 10.0 Å². The van der Waals surface area contributed by atoms with Crippen LogP contribution in [0.4, 0.5) is 0 Å². The van der Waals surface area contributed by atoms with Crippen molar-refractivity contribution in [3.63, 3.8) is 0 Å². The van der Waals surface area contributed by atoms with E-state index in [-0.39, 0.29) is 11.1 Å². The molecule has 1 heterocycles. The average molecular weight is 287 g/mol. The Balaban J connectivity index is 3.15. The molecule has 0 radical (unpaired) electrons. The maximum atomic E-state index is 12.7. The van der Waals surface area contributed by atoms with Crippen LogP contribution in [0.2, 0.25) is 0 Å². The molecule has 0 aliphatic heterocycles. The van der Waals surface area contributed by atoms with Crippen LogP contribution in [0.5, 0.6) is 0 Å². The van der Waals surface area contributed by atoms with Crippen molar-refractivity contribution < 1.29 is 8.42 Å². The number of nitrogens with one attached hydrogen (secondary N) is 1. The molecule has 1 N–H and O–H groups in total. The molecule has 1 rings (SSSR count). The minimum atomic E-state index is -3.48. The number of nitrogens with zero attached hydrogens (tertiary/aromatic N) is 2. The lowest BCUT2D eigenvalue weighted by atomic mass is 10.1. The number of rotatable bonds is 7. The summed E-state index contributed by atoms with van der Waals surface area (Å²) in [5, 5.41) is 0.192. The molecule has 0 saturated carbocycles. The molecular formula is C13H25N3O2S. The molecule has 0 spiro atoms. The summed E-state index contributed by atoms with van der Waals surface area (Å²) in [6.07, 6.45) is 3.03. The number of sulfonamides is 1. The van der Waals surface area contributed by atoms with Crippen molar-refractivity contribution in [2.24, 2.45) is 5.92 Å². The lowest BCUT2D eigenvalue weighted by Gasteiger charge is -2.30. The Morgan fingerprint density at radius 2 is 1.89 bits per heavy atom. The van der Waals surface area contributed by atoms with E-state index in [1.54, 1.807) is 11.2 Å². The number of H-pyrrole nitrogens is 1. The Morgan fingerprint density at radius 1 is 1.32 bits per heavy atom. The first-order valence-corrected chi connectivity index (χ1v) is 8.30. The molecule has 0 aliphatic rings. The second-order valence-electron chi connectivity index (χ2n) is 5.27. The molecule has 1 aromatic rings. The van der Waals surface area contributed by atoms with E-state index in [1.165, 1.54) is 6.20 Å². The second kappa shape index (κ2) is 6.52. The summed E-state index contributed by atoms with van der Waals surface area (Å²) in [4.78, 5) is 6.83. The molecule has 0 amide bonds. The molecule has 0 saturated heterocycles. The lowest BCUT2D eigenvalue weighted by molar-refractivity contribution is 0.276. The molecule has 5 nitrogen and oxygen atoms in total. The fourth-order valence-electron chi connectivity index (χ4n) is 2.15. The summed E-state index contributed by atoms with van der Waals surface area (Å²) in [5.74, 6) is 0.909. The SMILES string of the molecule is CCC(CC)N(CC(C)C)S(=O)(=O)c1cnc(C)[nH]1. The summed E-state index contributed by atoms with van der Waals surface area (Å²) in [7, 11) is -3.48. The third-order valence-corrected chi connectivity index (χ3v) is 4.99. The van der Waals surface area contributed by atoms with Gasteiger partial charge in [-0.25, -0.2) is 13.4 Å². The molecule has 1 aromatic heterocycles. The van der Waals surface area contributed by atoms with E-state index in [0.717, 1.165) is 12.8 Å². The summed E-state index contributed by atoms with van der Waals surface area (Å²) in [6.45, 7) is 10.4. The lowest BCUT2D eigenvalue weighted by Crippen LogP contribution is -2.42. The van der Waals surface area contributed by atoms with Gasteiger partial charge >= 0.3 is 0 Å². The molecule has 0 aliphatic carbocycles. The molecule has 0 fully saturated rings. The first-order chi connectivity index (χ1) is 8.82. The number of aromatic amines is 1. The first-order valence-electron chi connectivity index (χ1n) is 6.86. The molecule has 0 bridgehead atoms. The summed E-state index contributed by atoms with van der Waals surface area (Å²) in [5.41, 5.74) is 0. The van der Waals surface area contributed by atoms with Gasteiger partial charge in [-0.15, -0.1) is 0 Å². The van der Waals surface area contributed by atoms with Crippen molar-refractivity contribution in [3.05, 3.63) is 12.0 Å². The van der Waals surface area contributed by atoms with Crippen LogP contribution >= 0.6 is 0 Å². The zero-order valence-corrected chi connectivity index (χ0v) is 13.3. The minimum Gasteiger partial charge on any atom is -0.332 e. The van der Waals surface area contributed by atoms with Crippen LogP contribution in [0.15, 0.2) is 11.2 Å². The van der Waals surface area contributed by atoms with Crippen LogP contribution in [0, 0.1) is 12.8 Å². The van der Waals surface area contributed by atoms with E-state index in [1.807, 2.05) is 27.7 Å². The van der Waals surface area contributed by atoms with Gasteiger partial charge in [-0.1, -0.05) is 27.7 Å². The van der Waals surface area contributed by atoms with E-state index >= 15 is 0 Å². The number of hydrogen-bond acceptors (Lipinski definition) is 3. The quantitative estimate of drug-likeness (QED) is 0.838.